The number of anilines is 1. The van der Waals surface area contributed by atoms with Crippen LogP contribution in [0, 0.1) is 0 Å². The molecule has 19 heavy (non-hydrogen) atoms. The first-order valence-corrected chi connectivity index (χ1v) is 6.32. The van der Waals surface area contributed by atoms with Crippen molar-refractivity contribution in [1.82, 2.24) is 4.98 Å². The number of hydrogen-bond donors (Lipinski definition) is 1. The van der Waals surface area contributed by atoms with Crippen LogP contribution >= 0.6 is 0 Å². The van der Waals surface area contributed by atoms with Gasteiger partial charge in [-0.2, -0.15) is 0 Å². The molecule has 1 aliphatic heterocycles. The number of hydrogen-bond acceptors (Lipinski definition) is 5. The van der Waals surface area contributed by atoms with E-state index in [4.69, 9.17) is 10.5 Å². The summed E-state index contributed by atoms with van der Waals surface area (Å²) in [4.78, 5) is 28.8. The number of carbonyl (C=O) groups excluding carboxylic acids is 2. The fourth-order valence-electron chi connectivity index (χ4n) is 2.29. The van der Waals surface area contributed by atoms with Crippen LogP contribution in [0.5, 0.6) is 0 Å². The van der Waals surface area contributed by atoms with Gasteiger partial charge in [-0.15, -0.1) is 0 Å². The number of amides is 1. The maximum absolute atomic E-state index is 11.9. The van der Waals surface area contributed by atoms with Crippen molar-refractivity contribution in [3.63, 3.8) is 0 Å². The third-order valence-corrected chi connectivity index (χ3v) is 3.14. The first kappa shape index (κ1) is 13.3. The number of esters is 1. The van der Waals surface area contributed by atoms with Crippen molar-refractivity contribution in [3.8, 4) is 0 Å². The molecule has 1 amide bonds. The third-order valence-electron chi connectivity index (χ3n) is 3.14. The van der Waals surface area contributed by atoms with Crippen molar-refractivity contribution in [3.05, 3.63) is 24.0 Å². The van der Waals surface area contributed by atoms with Crippen LogP contribution < -0.4 is 10.6 Å². The fraction of sp³-hybridized carbons (Fsp3) is 0.462. The Morgan fingerprint density at radius 2 is 2.37 bits per heavy atom. The van der Waals surface area contributed by atoms with Crippen molar-refractivity contribution >= 4 is 17.6 Å². The molecule has 2 N–H and O–H groups in total. The molecule has 6 nitrogen and oxygen atoms in total. The van der Waals surface area contributed by atoms with E-state index in [1.807, 2.05) is 4.90 Å². The molecule has 1 aliphatic rings. The van der Waals surface area contributed by atoms with Gasteiger partial charge in [-0.25, -0.2) is 4.79 Å². The zero-order valence-electron chi connectivity index (χ0n) is 10.8. The second kappa shape index (κ2) is 5.69. The Hall–Kier alpha value is -2.11. The van der Waals surface area contributed by atoms with Gasteiger partial charge in [-0.1, -0.05) is 0 Å². The van der Waals surface area contributed by atoms with E-state index >= 15 is 0 Å². The summed E-state index contributed by atoms with van der Waals surface area (Å²) in [5.41, 5.74) is 6.19. The molecule has 0 spiro atoms. The van der Waals surface area contributed by atoms with Crippen LogP contribution in [0.1, 0.15) is 30.3 Å². The monoisotopic (exact) mass is 263 g/mol. The number of ether oxygens (including phenoxy) is 1. The highest BCUT2D eigenvalue weighted by molar-refractivity contribution is 5.92. The predicted molar refractivity (Wildman–Crippen MR) is 69.8 cm³/mol. The molecular weight excluding hydrogens is 246 g/mol. The van der Waals surface area contributed by atoms with Crippen LogP contribution in [0.3, 0.4) is 0 Å². The summed E-state index contributed by atoms with van der Waals surface area (Å²) in [6.45, 7) is 2.91. The van der Waals surface area contributed by atoms with Crippen LogP contribution in [0.4, 0.5) is 5.69 Å². The van der Waals surface area contributed by atoms with E-state index in [1.54, 1.807) is 19.1 Å². The standard InChI is InChI=1S/C13H17N3O3/c1-2-19-13(18)11-4-3-7-16(11)9-5-6-15-10(8-9)12(14)17/h5-6,8,11H,2-4,7H2,1H3,(H2,14,17). The van der Waals surface area contributed by atoms with E-state index in [0.717, 1.165) is 25.1 Å². The molecule has 2 rings (SSSR count). The fourth-order valence-corrected chi connectivity index (χ4v) is 2.29. The number of nitrogens with zero attached hydrogens (tertiary/aromatic N) is 2. The molecule has 1 unspecified atom stereocenters. The second-order valence-electron chi connectivity index (χ2n) is 4.37. The lowest BCUT2D eigenvalue weighted by Crippen LogP contribution is -2.37. The molecule has 1 fully saturated rings. The minimum absolute atomic E-state index is 0.201. The normalized spacial score (nSPS) is 18.4. The summed E-state index contributed by atoms with van der Waals surface area (Å²) in [6, 6.07) is 3.09. The van der Waals surface area contributed by atoms with E-state index in [1.165, 1.54) is 6.20 Å². The molecule has 6 heteroatoms. The SMILES string of the molecule is CCOC(=O)C1CCCN1c1ccnc(C(N)=O)c1. The topological polar surface area (TPSA) is 85.5 Å². The highest BCUT2D eigenvalue weighted by Crippen LogP contribution is 2.26. The molecular formula is C13H17N3O3. The van der Waals surface area contributed by atoms with Gasteiger partial charge in [0.25, 0.3) is 5.91 Å². The minimum Gasteiger partial charge on any atom is -0.464 e. The molecule has 1 atom stereocenters. The van der Waals surface area contributed by atoms with E-state index in [2.05, 4.69) is 4.98 Å². The van der Waals surface area contributed by atoms with E-state index < -0.39 is 5.91 Å². The molecule has 0 aromatic carbocycles. The van der Waals surface area contributed by atoms with E-state index in [9.17, 15) is 9.59 Å². The Kier molecular flexibility index (Phi) is 3.99. The summed E-state index contributed by atoms with van der Waals surface area (Å²) < 4.78 is 5.07. The zero-order chi connectivity index (χ0) is 13.8. The molecule has 102 valence electrons. The van der Waals surface area contributed by atoms with Gasteiger partial charge in [0, 0.05) is 18.4 Å². The van der Waals surface area contributed by atoms with Gasteiger partial charge in [0.15, 0.2) is 0 Å². The Bertz CT molecular complexity index is 490. The van der Waals surface area contributed by atoms with Gasteiger partial charge in [-0.05, 0) is 31.9 Å². The number of primary amides is 1. The Labute approximate surface area is 111 Å². The predicted octanol–water partition coefficient (Wildman–Crippen LogP) is 0.712. The summed E-state index contributed by atoms with van der Waals surface area (Å²) >= 11 is 0. The molecule has 2 heterocycles. The van der Waals surface area contributed by atoms with Gasteiger partial charge >= 0.3 is 5.97 Å². The van der Waals surface area contributed by atoms with Crippen molar-refractivity contribution < 1.29 is 14.3 Å². The Morgan fingerprint density at radius 1 is 1.58 bits per heavy atom. The molecule has 0 bridgehead atoms. The molecule has 1 saturated heterocycles. The average molecular weight is 263 g/mol. The molecule has 0 radical (unpaired) electrons. The third kappa shape index (κ3) is 2.83. The minimum atomic E-state index is -0.575. The lowest BCUT2D eigenvalue weighted by Gasteiger charge is -2.25. The average Bonchev–Trinajstić information content (AvgIpc) is 2.88. The smallest absolute Gasteiger partial charge is 0.328 e. The molecule has 0 aliphatic carbocycles. The van der Waals surface area contributed by atoms with Gasteiger partial charge in [0.05, 0.1) is 6.61 Å². The summed E-state index contributed by atoms with van der Waals surface area (Å²) in [5, 5.41) is 0. The maximum atomic E-state index is 11.9. The van der Waals surface area contributed by atoms with E-state index in [0.29, 0.717) is 6.61 Å². The molecule has 1 aromatic heterocycles. The Balaban J connectivity index is 2.22. The highest BCUT2D eigenvalue weighted by atomic mass is 16.5. The number of pyridine rings is 1. The zero-order valence-corrected chi connectivity index (χ0v) is 10.8. The maximum Gasteiger partial charge on any atom is 0.328 e. The van der Waals surface area contributed by atoms with Crippen molar-refractivity contribution in [2.24, 2.45) is 5.73 Å². The summed E-state index contributed by atoms with van der Waals surface area (Å²) in [5.74, 6) is -0.800. The number of carbonyl (C=O) groups is 2. The molecule has 1 aromatic rings. The van der Waals surface area contributed by atoms with Gasteiger partial charge < -0.3 is 15.4 Å². The van der Waals surface area contributed by atoms with Gasteiger partial charge in [0.1, 0.15) is 11.7 Å². The number of rotatable bonds is 4. The van der Waals surface area contributed by atoms with Crippen molar-refractivity contribution in [2.75, 3.05) is 18.1 Å². The van der Waals surface area contributed by atoms with Gasteiger partial charge in [0.2, 0.25) is 0 Å². The van der Waals surface area contributed by atoms with Crippen LogP contribution in [-0.4, -0.2) is 36.1 Å². The number of aromatic nitrogens is 1. The van der Waals surface area contributed by atoms with Crippen molar-refractivity contribution in [1.29, 1.82) is 0 Å². The largest absolute Gasteiger partial charge is 0.464 e. The van der Waals surface area contributed by atoms with Crippen LogP contribution in [0.2, 0.25) is 0 Å². The number of nitrogens with two attached hydrogens (primary N) is 1. The first-order valence-electron chi connectivity index (χ1n) is 6.32. The van der Waals surface area contributed by atoms with Crippen LogP contribution in [-0.2, 0) is 9.53 Å². The lowest BCUT2D eigenvalue weighted by atomic mass is 10.2. The quantitative estimate of drug-likeness (QED) is 0.809. The summed E-state index contributed by atoms with van der Waals surface area (Å²) in [6.07, 6.45) is 3.20. The first-order chi connectivity index (χ1) is 9.13. The summed E-state index contributed by atoms with van der Waals surface area (Å²) in [7, 11) is 0. The van der Waals surface area contributed by atoms with E-state index in [-0.39, 0.29) is 17.7 Å². The lowest BCUT2D eigenvalue weighted by molar-refractivity contribution is -0.144. The van der Waals surface area contributed by atoms with Crippen LogP contribution in [0.25, 0.3) is 0 Å². The Morgan fingerprint density at radius 3 is 3.05 bits per heavy atom. The second-order valence-corrected chi connectivity index (χ2v) is 4.37. The van der Waals surface area contributed by atoms with Crippen LogP contribution in [0.15, 0.2) is 18.3 Å². The highest BCUT2D eigenvalue weighted by Gasteiger charge is 2.32. The van der Waals surface area contributed by atoms with Gasteiger partial charge in [-0.3, -0.25) is 9.78 Å². The van der Waals surface area contributed by atoms with Crippen molar-refractivity contribution in [2.45, 2.75) is 25.8 Å². The molecule has 0 saturated carbocycles.